The highest BCUT2D eigenvalue weighted by Gasteiger charge is 2.20. The molecule has 2 unspecified atom stereocenters. The molecule has 1 aromatic carbocycles. The van der Waals surface area contributed by atoms with E-state index in [-0.39, 0.29) is 0 Å². The van der Waals surface area contributed by atoms with Crippen LogP contribution in [0, 0.1) is 0 Å². The van der Waals surface area contributed by atoms with Crippen LogP contribution in [-0.4, -0.2) is 7.05 Å². The van der Waals surface area contributed by atoms with Gasteiger partial charge in [0, 0.05) is 9.75 Å². The summed E-state index contributed by atoms with van der Waals surface area (Å²) in [4.78, 5) is 3.08. The van der Waals surface area contributed by atoms with Crippen LogP contribution >= 0.6 is 11.3 Å². The molecule has 21 heavy (non-hydrogen) atoms. The largest absolute Gasteiger partial charge is 0.309 e. The average Bonchev–Trinajstić information content (AvgIpc) is 3.09. The van der Waals surface area contributed by atoms with Crippen molar-refractivity contribution < 1.29 is 0 Å². The van der Waals surface area contributed by atoms with Crippen molar-refractivity contribution in [3.05, 3.63) is 56.8 Å². The summed E-state index contributed by atoms with van der Waals surface area (Å²) in [6, 6.07) is 12.0. The third-order valence-corrected chi connectivity index (χ3v) is 6.09. The Morgan fingerprint density at radius 1 is 1.14 bits per heavy atom. The van der Waals surface area contributed by atoms with Crippen LogP contribution in [0.1, 0.15) is 65.1 Å². The van der Waals surface area contributed by atoms with Crippen molar-refractivity contribution in [2.45, 2.75) is 51.5 Å². The van der Waals surface area contributed by atoms with E-state index in [9.17, 15) is 0 Å². The summed E-state index contributed by atoms with van der Waals surface area (Å²) >= 11 is 2.00. The monoisotopic (exact) mass is 299 g/mol. The van der Waals surface area contributed by atoms with Gasteiger partial charge in [-0.25, -0.2) is 0 Å². The van der Waals surface area contributed by atoms with Crippen molar-refractivity contribution in [3.63, 3.8) is 0 Å². The molecule has 2 atom stereocenters. The molecule has 3 rings (SSSR count). The molecule has 0 spiro atoms. The molecule has 0 radical (unpaired) electrons. The molecule has 2 aromatic rings. The Morgan fingerprint density at radius 2 is 1.86 bits per heavy atom. The summed E-state index contributed by atoms with van der Waals surface area (Å²) in [6.45, 7) is 4.55. The van der Waals surface area contributed by atoms with Crippen LogP contribution in [-0.2, 0) is 12.8 Å². The smallest absolute Gasteiger partial charge is 0.0668 e. The molecule has 112 valence electrons. The van der Waals surface area contributed by atoms with Crippen molar-refractivity contribution in [1.29, 1.82) is 0 Å². The van der Waals surface area contributed by atoms with Crippen LogP contribution in [0.4, 0.5) is 0 Å². The van der Waals surface area contributed by atoms with Gasteiger partial charge in [-0.3, -0.25) is 0 Å². The van der Waals surface area contributed by atoms with Gasteiger partial charge in [0.05, 0.1) is 6.04 Å². The molecule has 0 bridgehead atoms. The highest BCUT2D eigenvalue weighted by Crippen LogP contribution is 2.36. The van der Waals surface area contributed by atoms with E-state index < -0.39 is 0 Å². The minimum atomic E-state index is 0.339. The molecule has 0 saturated carbocycles. The number of nitrogens with one attached hydrogen (secondary N) is 1. The fourth-order valence-electron chi connectivity index (χ4n) is 3.22. The minimum absolute atomic E-state index is 0.339. The van der Waals surface area contributed by atoms with Gasteiger partial charge in [-0.05, 0) is 61.4 Å². The quantitative estimate of drug-likeness (QED) is 0.813. The van der Waals surface area contributed by atoms with Crippen LogP contribution in [0.25, 0.3) is 0 Å². The summed E-state index contributed by atoms with van der Waals surface area (Å²) < 4.78 is 0. The second kappa shape index (κ2) is 6.33. The first-order valence-corrected chi connectivity index (χ1v) is 8.93. The standard InChI is InChI=1S/C19H25NS/c1-4-13(2)14-8-10-15(11-9-14)19(20-3)18-12-16-6-5-7-17(16)21-18/h8-13,19-20H,4-7H2,1-3H3. The number of rotatable bonds is 5. The molecule has 2 heteroatoms. The zero-order chi connectivity index (χ0) is 14.8. The number of thiophene rings is 1. The number of fused-ring (bicyclic) bond motifs is 1. The van der Waals surface area contributed by atoms with E-state index in [4.69, 9.17) is 0 Å². The molecule has 0 amide bonds. The van der Waals surface area contributed by atoms with Crippen LogP contribution in [0.15, 0.2) is 30.3 Å². The van der Waals surface area contributed by atoms with Gasteiger partial charge < -0.3 is 5.32 Å². The van der Waals surface area contributed by atoms with E-state index in [0.29, 0.717) is 12.0 Å². The zero-order valence-corrected chi connectivity index (χ0v) is 14.1. The molecule has 1 N–H and O–H groups in total. The second-order valence-electron chi connectivity index (χ2n) is 6.15. The molecule has 0 fully saturated rings. The topological polar surface area (TPSA) is 12.0 Å². The highest BCUT2D eigenvalue weighted by molar-refractivity contribution is 7.12. The van der Waals surface area contributed by atoms with Crippen LogP contribution in [0.3, 0.4) is 0 Å². The summed E-state index contributed by atoms with van der Waals surface area (Å²) in [5, 5.41) is 3.50. The van der Waals surface area contributed by atoms with E-state index in [1.807, 2.05) is 11.3 Å². The second-order valence-corrected chi connectivity index (χ2v) is 7.32. The maximum absolute atomic E-state index is 3.50. The lowest BCUT2D eigenvalue weighted by Gasteiger charge is -2.17. The Morgan fingerprint density at radius 3 is 2.48 bits per heavy atom. The molecule has 1 aliphatic carbocycles. The maximum atomic E-state index is 3.50. The predicted octanol–water partition coefficient (Wildman–Crippen LogP) is 5.06. The van der Waals surface area contributed by atoms with Gasteiger partial charge in [-0.2, -0.15) is 0 Å². The van der Waals surface area contributed by atoms with E-state index in [1.165, 1.54) is 41.7 Å². The van der Waals surface area contributed by atoms with Crippen LogP contribution in [0.5, 0.6) is 0 Å². The maximum Gasteiger partial charge on any atom is 0.0668 e. The minimum Gasteiger partial charge on any atom is -0.309 e. The lowest BCUT2D eigenvalue weighted by molar-refractivity contribution is 0.698. The molecule has 1 heterocycles. The Bertz CT molecular complexity index is 575. The normalized spacial score (nSPS) is 16.7. The molecular formula is C19H25NS. The Kier molecular flexibility index (Phi) is 4.46. The van der Waals surface area contributed by atoms with Gasteiger partial charge in [0.1, 0.15) is 0 Å². The van der Waals surface area contributed by atoms with E-state index in [1.54, 1.807) is 10.4 Å². The fourth-order valence-corrected chi connectivity index (χ4v) is 4.62. The van der Waals surface area contributed by atoms with Gasteiger partial charge in [0.15, 0.2) is 0 Å². The van der Waals surface area contributed by atoms with Gasteiger partial charge in [0.2, 0.25) is 0 Å². The number of hydrogen-bond donors (Lipinski definition) is 1. The van der Waals surface area contributed by atoms with Gasteiger partial charge in [0.25, 0.3) is 0 Å². The Hall–Kier alpha value is -1.12. The molecule has 0 saturated heterocycles. The van der Waals surface area contributed by atoms with Crippen LogP contribution in [0.2, 0.25) is 0 Å². The summed E-state index contributed by atoms with van der Waals surface area (Å²) in [6.07, 6.45) is 5.10. The average molecular weight is 299 g/mol. The first kappa shape index (κ1) is 14.8. The first-order chi connectivity index (χ1) is 10.2. The molecule has 1 aliphatic rings. The zero-order valence-electron chi connectivity index (χ0n) is 13.3. The van der Waals surface area contributed by atoms with Crippen molar-refractivity contribution in [2.24, 2.45) is 0 Å². The van der Waals surface area contributed by atoms with Crippen molar-refractivity contribution in [2.75, 3.05) is 7.05 Å². The molecule has 1 aromatic heterocycles. The Labute approximate surface area is 132 Å². The summed E-state index contributed by atoms with van der Waals surface area (Å²) in [5.74, 6) is 0.651. The van der Waals surface area contributed by atoms with Crippen molar-refractivity contribution in [1.82, 2.24) is 5.32 Å². The van der Waals surface area contributed by atoms with Crippen LogP contribution < -0.4 is 5.32 Å². The SMILES string of the molecule is CCC(C)c1ccc(C(NC)c2cc3c(s2)CCC3)cc1. The lowest BCUT2D eigenvalue weighted by atomic mass is 9.95. The number of benzene rings is 1. The van der Waals surface area contributed by atoms with Gasteiger partial charge in [-0.1, -0.05) is 38.1 Å². The highest BCUT2D eigenvalue weighted by atomic mass is 32.1. The van der Waals surface area contributed by atoms with Gasteiger partial charge in [-0.15, -0.1) is 11.3 Å². The van der Waals surface area contributed by atoms with Crippen molar-refractivity contribution in [3.8, 4) is 0 Å². The molecule has 1 nitrogen and oxygen atoms in total. The fraction of sp³-hybridized carbons (Fsp3) is 0.474. The predicted molar refractivity (Wildman–Crippen MR) is 92.4 cm³/mol. The number of hydrogen-bond acceptors (Lipinski definition) is 2. The number of aryl methyl sites for hydroxylation is 2. The first-order valence-electron chi connectivity index (χ1n) is 8.11. The molecular weight excluding hydrogens is 274 g/mol. The van der Waals surface area contributed by atoms with E-state index in [2.05, 4.69) is 56.5 Å². The third-order valence-electron chi connectivity index (χ3n) is 4.79. The van der Waals surface area contributed by atoms with Gasteiger partial charge >= 0.3 is 0 Å². The molecule has 0 aliphatic heterocycles. The van der Waals surface area contributed by atoms with E-state index >= 15 is 0 Å². The van der Waals surface area contributed by atoms with E-state index in [0.717, 1.165) is 0 Å². The van der Waals surface area contributed by atoms with Crippen molar-refractivity contribution >= 4 is 11.3 Å². The Balaban J connectivity index is 1.85. The summed E-state index contributed by atoms with van der Waals surface area (Å²) in [7, 11) is 2.07. The lowest BCUT2D eigenvalue weighted by Crippen LogP contribution is -2.16. The summed E-state index contributed by atoms with van der Waals surface area (Å²) in [5.41, 5.74) is 4.42. The third kappa shape index (κ3) is 2.93.